The molecule has 3 nitrogen and oxygen atoms in total. The van der Waals surface area contributed by atoms with Crippen molar-refractivity contribution in [1.82, 2.24) is 15.1 Å². The fraction of sp³-hybridized carbons (Fsp3) is 0.471. The molecule has 2 aromatic rings. The molecule has 116 valence electrons. The van der Waals surface area contributed by atoms with Crippen LogP contribution in [0.2, 0.25) is 5.02 Å². The Labute approximate surface area is 134 Å². The molecular formula is C17H19ClFN3. The van der Waals surface area contributed by atoms with Crippen molar-refractivity contribution in [2.24, 2.45) is 0 Å². The van der Waals surface area contributed by atoms with Crippen molar-refractivity contribution >= 4 is 11.6 Å². The van der Waals surface area contributed by atoms with Gasteiger partial charge >= 0.3 is 0 Å². The van der Waals surface area contributed by atoms with Crippen LogP contribution in [0.25, 0.3) is 0 Å². The minimum Gasteiger partial charge on any atom is -0.298 e. The first-order chi connectivity index (χ1) is 10.7. The van der Waals surface area contributed by atoms with E-state index in [0.717, 1.165) is 31.6 Å². The zero-order valence-corrected chi connectivity index (χ0v) is 13.2. The lowest BCUT2D eigenvalue weighted by Crippen LogP contribution is -2.44. The molecule has 1 atom stereocenters. The van der Waals surface area contributed by atoms with Crippen LogP contribution in [-0.2, 0) is 18.4 Å². The first-order valence-corrected chi connectivity index (χ1v) is 8.23. The second kappa shape index (κ2) is 5.36. The maximum atomic E-state index is 13.3. The van der Waals surface area contributed by atoms with Gasteiger partial charge in [0.15, 0.2) is 0 Å². The maximum Gasteiger partial charge on any atom is 0.141 e. The third-order valence-corrected chi connectivity index (χ3v) is 5.46. The van der Waals surface area contributed by atoms with E-state index in [1.165, 1.54) is 36.6 Å². The Balaban J connectivity index is 1.53. The number of aromatic amines is 1. The third kappa shape index (κ3) is 2.34. The third-order valence-electron chi connectivity index (χ3n) is 5.17. The molecular weight excluding hydrogens is 301 g/mol. The molecule has 1 aromatic carbocycles. The predicted molar refractivity (Wildman–Crippen MR) is 84.5 cm³/mol. The van der Waals surface area contributed by atoms with Gasteiger partial charge in [-0.3, -0.25) is 10.00 Å². The molecule has 5 heteroatoms. The molecule has 0 radical (unpaired) electrons. The minimum atomic E-state index is -0.349. The van der Waals surface area contributed by atoms with Crippen molar-refractivity contribution in [3.63, 3.8) is 0 Å². The molecule has 2 aliphatic rings. The number of benzene rings is 1. The highest BCUT2D eigenvalue weighted by Gasteiger charge is 2.43. The summed E-state index contributed by atoms with van der Waals surface area (Å²) in [6.45, 7) is 2.95. The quantitative estimate of drug-likeness (QED) is 0.915. The Bertz CT molecular complexity index is 699. The summed E-state index contributed by atoms with van der Waals surface area (Å²) in [5.74, 6) is -0.349. The highest BCUT2D eigenvalue weighted by Crippen LogP contribution is 2.44. The summed E-state index contributed by atoms with van der Waals surface area (Å²) in [5, 5.41) is 7.66. The lowest BCUT2D eigenvalue weighted by Gasteiger charge is -2.40. The highest BCUT2D eigenvalue weighted by atomic mass is 35.5. The van der Waals surface area contributed by atoms with Crippen LogP contribution in [0.1, 0.15) is 36.1 Å². The summed E-state index contributed by atoms with van der Waals surface area (Å²) in [6.07, 6.45) is 6.72. The van der Waals surface area contributed by atoms with E-state index in [1.54, 1.807) is 6.07 Å². The molecule has 1 aromatic heterocycles. The van der Waals surface area contributed by atoms with Gasteiger partial charge in [0.25, 0.3) is 0 Å². The van der Waals surface area contributed by atoms with Crippen LogP contribution in [0.4, 0.5) is 4.39 Å². The maximum absolute atomic E-state index is 13.3. The van der Waals surface area contributed by atoms with Crippen LogP contribution in [0.3, 0.4) is 0 Å². The van der Waals surface area contributed by atoms with Gasteiger partial charge in [0.05, 0.1) is 11.2 Å². The molecule has 1 spiro atoms. The fourth-order valence-electron chi connectivity index (χ4n) is 4.13. The molecule has 2 heterocycles. The molecule has 1 N–H and O–H groups in total. The van der Waals surface area contributed by atoms with Crippen LogP contribution < -0.4 is 0 Å². The standard InChI is InChI=1S/C17H19ClFN3/c18-14-8-12(2-3-15(14)19)10-22-7-1-5-17(11-22)6-4-13-9-20-21-16(13)17/h2-3,8-9H,1,4-7,10-11H2,(H,20,21). The van der Waals surface area contributed by atoms with E-state index < -0.39 is 0 Å². The summed E-state index contributed by atoms with van der Waals surface area (Å²) >= 11 is 5.90. The second-order valence-corrected chi connectivity index (χ2v) is 7.02. The van der Waals surface area contributed by atoms with E-state index in [-0.39, 0.29) is 16.3 Å². The number of H-pyrrole nitrogens is 1. The van der Waals surface area contributed by atoms with Gasteiger partial charge in [0.1, 0.15) is 5.82 Å². The van der Waals surface area contributed by atoms with Crippen molar-refractivity contribution in [2.75, 3.05) is 13.1 Å². The number of hydrogen-bond donors (Lipinski definition) is 1. The lowest BCUT2D eigenvalue weighted by atomic mass is 9.77. The monoisotopic (exact) mass is 319 g/mol. The normalized spacial score (nSPS) is 24.8. The highest BCUT2D eigenvalue weighted by molar-refractivity contribution is 6.30. The van der Waals surface area contributed by atoms with Gasteiger partial charge in [-0.05, 0) is 55.5 Å². The predicted octanol–water partition coefficient (Wildman–Crippen LogP) is 3.68. The van der Waals surface area contributed by atoms with E-state index >= 15 is 0 Å². The molecule has 22 heavy (non-hydrogen) atoms. The number of fused-ring (bicyclic) bond motifs is 2. The number of nitrogens with zero attached hydrogens (tertiary/aromatic N) is 2. The number of hydrogen-bond acceptors (Lipinski definition) is 2. The summed E-state index contributed by atoms with van der Waals surface area (Å²) in [6, 6.07) is 5.03. The summed E-state index contributed by atoms with van der Waals surface area (Å²) in [7, 11) is 0. The van der Waals surface area contributed by atoms with Crippen molar-refractivity contribution in [2.45, 2.75) is 37.6 Å². The Morgan fingerprint density at radius 2 is 2.27 bits per heavy atom. The summed E-state index contributed by atoms with van der Waals surface area (Å²) in [4.78, 5) is 2.46. The molecule has 1 unspecified atom stereocenters. The number of nitrogens with one attached hydrogen (secondary N) is 1. The molecule has 0 saturated carbocycles. The molecule has 0 amide bonds. The first-order valence-electron chi connectivity index (χ1n) is 7.85. The molecule has 1 aliphatic carbocycles. The lowest BCUT2D eigenvalue weighted by molar-refractivity contribution is 0.136. The van der Waals surface area contributed by atoms with Crippen LogP contribution in [-0.4, -0.2) is 28.2 Å². The fourth-order valence-corrected chi connectivity index (χ4v) is 4.33. The molecule has 1 saturated heterocycles. The first kappa shape index (κ1) is 14.2. The second-order valence-electron chi connectivity index (χ2n) is 6.61. The number of likely N-dealkylation sites (tertiary alicyclic amines) is 1. The van der Waals surface area contributed by atoms with Crippen LogP contribution in [0, 0.1) is 5.82 Å². The Kier molecular flexibility index (Phi) is 3.46. The van der Waals surface area contributed by atoms with Gasteiger partial charge in [-0.25, -0.2) is 4.39 Å². The Hall–Kier alpha value is -1.39. The molecule has 1 fully saturated rings. The van der Waals surface area contributed by atoms with Crippen molar-refractivity contribution in [1.29, 1.82) is 0 Å². The van der Waals surface area contributed by atoms with E-state index in [4.69, 9.17) is 11.6 Å². The summed E-state index contributed by atoms with van der Waals surface area (Å²) < 4.78 is 13.3. The van der Waals surface area contributed by atoms with Gasteiger partial charge in [-0.1, -0.05) is 17.7 Å². The molecule has 1 aliphatic heterocycles. The average molecular weight is 320 g/mol. The molecule has 0 bridgehead atoms. The van der Waals surface area contributed by atoms with Crippen molar-refractivity contribution < 1.29 is 4.39 Å². The SMILES string of the molecule is Fc1ccc(CN2CCCC3(CCc4cn[nH]c43)C2)cc1Cl. The number of halogens is 2. The van der Waals surface area contributed by atoms with E-state index in [1.807, 2.05) is 12.3 Å². The van der Waals surface area contributed by atoms with Gasteiger partial charge in [0.2, 0.25) is 0 Å². The average Bonchev–Trinajstić information content (AvgIpc) is 3.09. The zero-order chi connectivity index (χ0) is 15.2. The number of rotatable bonds is 2. The van der Waals surface area contributed by atoms with Gasteiger partial charge in [-0.15, -0.1) is 0 Å². The zero-order valence-electron chi connectivity index (χ0n) is 12.4. The van der Waals surface area contributed by atoms with E-state index in [2.05, 4.69) is 15.1 Å². The van der Waals surface area contributed by atoms with E-state index in [9.17, 15) is 4.39 Å². The van der Waals surface area contributed by atoms with Gasteiger partial charge < -0.3 is 0 Å². The van der Waals surface area contributed by atoms with E-state index in [0.29, 0.717) is 0 Å². The Morgan fingerprint density at radius 3 is 3.14 bits per heavy atom. The Morgan fingerprint density at radius 1 is 1.36 bits per heavy atom. The van der Waals surface area contributed by atoms with Crippen LogP contribution in [0.15, 0.2) is 24.4 Å². The van der Waals surface area contributed by atoms with Gasteiger partial charge in [-0.2, -0.15) is 5.10 Å². The number of aryl methyl sites for hydroxylation is 1. The smallest absolute Gasteiger partial charge is 0.141 e. The topological polar surface area (TPSA) is 31.9 Å². The van der Waals surface area contributed by atoms with Crippen molar-refractivity contribution in [3.05, 3.63) is 52.1 Å². The number of aromatic nitrogens is 2. The van der Waals surface area contributed by atoms with Crippen molar-refractivity contribution in [3.8, 4) is 0 Å². The largest absolute Gasteiger partial charge is 0.298 e. The van der Waals surface area contributed by atoms with Crippen LogP contribution >= 0.6 is 11.6 Å². The number of piperidine rings is 1. The molecule has 4 rings (SSSR count). The van der Waals surface area contributed by atoms with Crippen LogP contribution in [0.5, 0.6) is 0 Å². The summed E-state index contributed by atoms with van der Waals surface area (Å²) in [5.41, 5.74) is 4.03. The van der Waals surface area contributed by atoms with Gasteiger partial charge in [0, 0.05) is 24.2 Å². The minimum absolute atomic E-state index is 0.209.